The lowest BCUT2D eigenvalue weighted by molar-refractivity contribution is -0.125. The first kappa shape index (κ1) is 25.5. The summed E-state index contributed by atoms with van der Waals surface area (Å²) >= 11 is 0. The second-order valence-corrected chi connectivity index (χ2v) is 9.47. The molecule has 0 saturated carbocycles. The van der Waals surface area contributed by atoms with Gasteiger partial charge >= 0.3 is 0 Å². The molecule has 4 aromatic carbocycles. The maximum Gasteiger partial charge on any atom is 0.257 e. The number of fused-ring (bicyclic) bond motifs is 4. The molecule has 2 aliphatic heterocycles. The van der Waals surface area contributed by atoms with E-state index in [0.717, 1.165) is 45.0 Å². The van der Waals surface area contributed by atoms with Crippen LogP contribution in [0.25, 0.3) is 24.3 Å². The van der Waals surface area contributed by atoms with E-state index in [9.17, 15) is 9.59 Å². The summed E-state index contributed by atoms with van der Waals surface area (Å²) in [5.74, 6) is -0.352. The molecule has 198 valence electrons. The highest BCUT2D eigenvalue weighted by atomic mass is 16.5. The third-order valence-corrected chi connectivity index (χ3v) is 6.92. The Morgan fingerprint density at radius 2 is 0.725 bits per heavy atom. The third kappa shape index (κ3) is 5.10. The highest BCUT2D eigenvalue weighted by Gasteiger charge is 2.25. The van der Waals surface area contributed by atoms with E-state index in [0.29, 0.717) is 0 Å². The van der Waals surface area contributed by atoms with E-state index < -0.39 is 0 Å². The normalized spacial score (nSPS) is 13.0. The van der Waals surface area contributed by atoms with E-state index in [2.05, 4.69) is 0 Å². The number of hydrogen-bond acceptors (Lipinski definition) is 4. The predicted octanol–water partition coefficient (Wildman–Crippen LogP) is 6.72. The van der Waals surface area contributed by atoms with Gasteiger partial charge in [0.1, 0.15) is 13.2 Å². The van der Waals surface area contributed by atoms with Crippen molar-refractivity contribution < 1.29 is 19.1 Å². The van der Waals surface area contributed by atoms with Crippen LogP contribution in [0.2, 0.25) is 0 Å². The van der Waals surface area contributed by atoms with E-state index in [-0.39, 0.29) is 38.2 Å². The van der Waals surface area contributed by atoms with Crippen LogP contribution in [0.15, 0.2) is 97.1 Å². The number of anilines is 4. The minimum Gasteiger partial charge on any atom is -0.369 e. The van der Waals surface area contributed by atoms with Crippen molar-refractivity contribution in [3.63, 3.8) is 0 Å². The number of carbonyl (C=O) groups excluding carboxylic acids is 2. The minimum absolute atomic E-state index is 0.113. The molecule has 6 rings (SSSR count). The van der Waals surface area contributed by atoms with Crippen molar-refractivity contribution in [2.24, 2.45) is 0 Å². The van der Waals surface area contributed by atoms with Gasteiger partial charge in [-0.1, -0.05) is 97.1 Å². The molecule has 0 spiro atoms. The largest absolute Gasteiger partial charge is 0.369 e. The minimum atomic E-state index is -0.176. The summed E-state index contributed by atoms with van der Waals surface area (Å²) in [6.45, 7) is 0.142. The molecule has 2 aliphatic rings. The third-order valence-electron chi connectivity index (χ3n) is 6.92. The van der Waals surface area contributed by atoms with Gasteiger partial charge in [0.25, 0.3) is 11.8 Å². The van der Waals surface area contributed by atoms with E-state index >= 15 is 0 Å². The highest BCUT2D eigenvalue weighted by molar-refractivity contribution is 6.07. The fourth-order valence-electron chi connectivity index (χ4n) is 5.05. The summed E-state index contributed by atoms with van der Waals surface area (Å²) in [6.07, 6.45) is 8.07. The number of benzene rings is 4. The van der Waals surface area contributed by atoms with Crippen LogP contribution in [0, 0.1) is 0 Å². The van der Waals surface area contributed by atoms with Crippen LogP contribution in [-0.2, 0) is 19.1 Å². The molecule has 0 atom stereocenters. The lowest BCUT2D eigenvalue weighted by atomic mass is 10.1. The summed E-state index contributed by atoms with van der Waals surface area (Å²) in [5.41, 5.74) is 7.08. The van der Waals surface area contributed by atoms with Gasteiger partial charge in [0.2, 0.25) is 0 Å². The molecule has 2 heterocycles. The zero-order valence-electron chi connectivity index (χ0n) is 21.9. The highest BCUT2D eigenvalue weighted by Crippen LogP contribution is 2.37. The van der Waals surface area contributed by atoms with Crippen molar-refractivity contribution in [1.82, 2.24) is 0 Å². The molecule has 0 aliphatic carbocycles. The second kappa shape index (κ2) is 11.5. The van der Waals surface area contributed by atoms with Crippen LogP contribution in [0.5, 0.6) is 0 Å². The molecule has 0 saturated heterocycles. The molecule has 6 nitrogen and oxygen atoms in total. The molecule has 2 amide bonds. The summed E-state index contributed by atoms with van der Waals surface area (Å²) in [6, 6.07) is 31.2. The molecular weight excluding hydrogens is 500 g/mol. The molecular formula is C34H28N2O4. The predicted molar refractivity (Wildman–Crippen MR) is 160 cm³/mol. The van der Waals surface area contributed by atoms with Crippen molar-refractivity contribution in [3.8, 4) is 0 Å². The lowest BCUT2D eigenvalue weighted by Crippen LogP contribution is -2.32. The van der Waals surface area contributed by atoms with Gasteiger partial charge in [-0.15, -0.1) is 0 Å². The fraction of sp³-hybridized carbons (Fsp3) is 0.118. The molecule has 0 fully saturated rings. The van der Waals surface area contributed by atoms with Crippen molar-refractivity contribution in [1.29, 1.82) is 0 Å². The van der Waals surface area contributed by atoms with Crippen molar-refractivity contribution >= 4 is 58.9 Å². The smallest absolute Gasteiger partial charge is 0.257 e. The first-order valence-electron chi connectivity index (χ1n) is 13.2. The van der Waals surface area contributed by atoms with Crippen LogP contribution in [0.4, 0.5) is 22.7 Å². The van der Waals surface area contributed by atoms with Gasteiger partial charge in [0.15, 0.2) is 0 Å². The fourth-order valence-corrected chi connectivity index (χ4v) is 5.05. The first-order valence-corrected chi connectivity index (χ1v) is 13.2. The van der Waals surface area contributed by atoms with Gasteiger partial charge in [-0.2, -0.15) is 0 Å². The summed E-state index contributed by atoms with van der Waals surface area (Å²) in [7, 11) is 0. The molecule has 0 radical (unpaired) electrons. The van der Waals surface area contributed by atoms with Crippen LogP contribution in [-0.4, -0.2) is 38.2 Å². The molecule has 0 bridgehead atoms. The van der Waals surface area contributed by atoms with E-state index in [1.807, 2.05) is 121 Å². The Morgan fingerprint density at radius 1 is 0.450 bits per heavy atom. The quantitative estimate of drug-likeness (QED) is 0.250. The van der Waals surface area contributed by atoms with Crippen molar-refractivity contribution in [2.75, 3.05) is 36.2 Å². The number of carbonyl (C=O) groups is 2. The van der Waals surface area contributed by atoms with E-state index in [1.54, 1.807) is 9.80 Å². The van der Waals surface area contributed by atoms with Crippen LogP contribution >= 0.6 is 0 Å². The monoisotopic (exact) mass is 528 g/mol. The van der Waals surface area contributed by atoms with Gasteiger partial charge in [-0.05, 0) is 46.5 Å². The topological polar surface area (TPSA) is 59.1 Å². The summed E-state index contributed by atoms with van der Waals surface area (Å²) in [5, 5.41) is 0. The average molecular weight is 529 g/mol. The Balaban J connectivity index is 1.07. The molecule has 0 aromatic heterocycles. The van der Waals surface area contributed by atoms with Crippen molar-refractivity contribution in [2.45, 2.75) is 0 Å². The number of nitrogens with zero attached hydrogens (tertiary/aromatic N) is 2. The number of para-hydroxylation sites is 4. The zero-order valence-corrected chi connectivity index (χ0v) is 21.9. The number of rotatable bonds is 7. The second-order valence-electron chi connectivity index (χ2n) is 9.47. The van der Waals surface area contributed by atoms with Gasteiger partial charge in [-0.25, -0.2) is 0 Å². The Bertz CT molecular complexity index is 1400. The summed E-state index contributed by atoms with van der Waals surface area (Å²) in [4.78, 5) is 30.1. The Labute approximate surface area is 233 Å². The molecule has 6 heteroatoms. The zero-order chi connectivity index (χ0) is 27.3. The number of amides is 2. The molecule has 40 heavy (non-hydrogen) atoms. The maximum absolute atomic E-state index is 13.4. The average Bonchev–Trinajstić information content (AvgIpc) is 3.27. The van der Waals surface area contributed by atoms with Gasteiger partial charge in [0, 0.05) is 0 Å². The van der Waals surface area contributed by atoms with Crippen molar-refractivity contribution in [3.05, 3.63) is 119 Å². The standard InChI is InChI=1S/C34H28N2O4/c37-33(35-29-13-5-1-9-25(29)17-18-26-10-2-6-14-30(26)35)23-39-21-22-40-24-34(38)36-31-15-7-3-11-27(31)19-20-28-12-4-8-16-32(28)36/h1-20H,21-24H2. The Hall–Kier alpha value is -4.78. The Morgan fingerprint density at radius 3 is 1.02 bits per heavy atom. The number of ether oxygens (including phenoxy) is 2. The van der Waals surface area contributed by atoms with Gasteiger partial charge in [-0.3, -0.25) is 19.4 Å². The van der Waals surface area contributed by atoms with E-state index in [1.165, 1.54) is 0 Å². The first-order chi connectivity index (χ1) is 19.7. The Kier molecular flexibility index (Phi) is 7.35. The molecule has 4 aromatic rings. The molecule has 0 N–H and O–H groups in total. The maximum atomic E-state index is 13.4. The lowest BCUT2D eigenvalue weighted by Gasteiger charge is -2.25. The van der Waals surface area contributed by atoms with E-state index in [4.69, 9.17) is 9.47 Å². The van der Waals surface area contributed by atoms with Crippen LogP contribution in [0.1, 0.15) is 22.3 Å². The van der Waals surface area contributed by atoms with Gasteiger partial charge < -0.3 is 9.47 Å². The van der Waals surface area contributed by atoms with Crippen LogP contribution in [0.3, 0.4) is 0 Å². The number of hydrogen-bond donors (Lipinski definition) is 0. The molecule has 0 unspecified atom stereocenters. The summed E-state index contributed by atoms with van der Waals surface area (Å²) < 4.78 is 11.4. The van der Waals surface area contributed by atoms with Gasteiger partial charge in [0.05, 0.1) is 36.0 Å². The SMILES string of the molecule is O=C(COCCOCC(=O)N1c2ccccc2C=Cc2ccccc21)N1c2ccccc2C=Cc2ccccc21. The van der Waals surface area contributed by atoms with Crippen LogP contribution < -0.4 is 9.80 Å².